The minimum atomic E-state index is -0.871. The van der Waals surface area contributed by atoms with Crippen LogP contribution in [0.3, 0.4) is 0 Å². The predicted octanol–water partition coefficient (Wildman–Crippen LogP) is 13.3. The summed E-state index contributed by atoms with van der Waals surface area (Å²) in [4.78, 5) is 25.7. The molecule has 0 aliphatic heterocycles. The minimum absolute atomic E-state index is 0.0146. The van der Waals surface area contributed by atoms with Crippen molar-refractivity contribution in [2.24, 2.45) is 0 Å². The molecule has 0 radical (unpaired) electrons. The Balaban J connectivity index is 0.776. The van der Waals surface area contributed by atoms with Gasteiger partial charge in [0.1, 0.15) is 29.0 Å². The number of esters is 2. The van der Waals surface area contributed by atoms with E-state index in [2.05, 4.69) is 0 Å². The van der Waals surface area contributed by atoms with Crippen molar-refractivity contribution in [2.45, 2.75) is 77.6 Å². The Morgan fingerprint density at radius 1 is 0.567 bits per heavy atom. The van der Waals surface area contributed by atoms with Gasteiger partial charge in [-0.3, -0.25) is 0 Å². The second-order valence-electron chi connectivity index (χ2n) is 15.4. The third-order valence-corrected chi connectivity index (χ3v) is 10.9. The van der Waals surface area contributed by atoms with Gasteiger partial charge in [-0.05, 0) is 115 Å². The van der Waals surface area contributed by atoms with Crippen molar-refractivity contribution in [1.82, 2.24) is 0 Å². The van der Waals surface area contributed by atoms with Crippen LogP contribution in [0.15, 0.2) is 121 Å². The van der Waals surface area contributed by atoms with Crippen LogP contribution >= 0.6 is 0 Å². The number of halogens is 3. The van der Waals surface area contributed by atoms with E-state index in [4.69, 9.17) is 14.7 Å². The van der Waals surface area contributed by atoms with E-state index in [1.54, 1.807) is 54.6 Å². The lowest BCUT2D eigenvalue weighted by atomic mass is 10.00. The van der Waals surface area contributed by atoms with Gasteiger partial charge in [-0.15, -0.1) is 12.1 Å². The molecule has 1 aliphatic rings. The van der Waals surface area contributed by atoms with E-state index >= 15 is 0 Å². The second kappa shape index (κ2) is 19.4. The Hall–Kier alpha value is -6.59. The molecule has 60 heavy (non-hydrogen) atoms. The van der Waals surface area contributed by atoms with Crippen LogP contribution in [0.5, 0.6) is 11.5 Å². The number of carbonyl (C=O) groups is 2. The van der Waals surface area contributed by atoms with Crippen molar-refractivity contribution in [3.63, 3.8) is 0 Å². The highest BCUT2D eigenvalue weighted by molar-refractivity contribution is 5.93. The van der Waals surface area contributed by atoms with Crippen LogP contribution in [0.25, 0.3) is 22.3 Å². The quantitative estimate of drug-likeness (QED) is 0.0397. The molecule has 1 saturated carbocycles. The third-order valence-electron chi connectivity index (χ3n) is 10.9. The van der Waals surface area contributed by atoms with E-state index in [0.29, 0.717) is 34.2 Å². The number of nitriles is 1. The second-order valence-corrected chi connectivity index (χ2v) is 15.4. The van der Waals surface area contributed by atoms with Crippen LogP contribution in [0.1, 0.15) is 106 Å². The fraction of sp³-hybridized carbons (Fsp3) is 0.231. The van der Waals surface area contributed by atoms with Crippen LogP contribution in [-0.4, -0.2) is 11.9 Å². The van der Waals surface area contributed by atoms with E-state index in [-0.39, 0.29) is 17.1 Å². The van der Waals surface area contributed by atoms with E-state index in [1.807, 2.05) is 49.4 Å². The van der Waals surface area contributed by atoms with Crippen LogP contribution in [-0.2, 0) is 12.8 Å². The van der Waals surface area contributed by atoms with E-state index in [9.17, 15) is 22.8 Å². The number of carbonyl (C=O) groups excluding carboxylic acids is 2. The molecule has 5 nitrogen and oxygen atoms in total. The standard InChI is InChI=1S/C52H45F3NO4/c1-34-29-35(13-25-44(34)51(57)59-42-23-27-45(49(54)31-42)40-15-11-37(33-56)12-16-40)9-7-5-3-2-4-6-8-10-36-14-26-47(48(53)30-36)52(58)60-43-24-28-46(50(55)32-43)41-21-19-39(20-22-41)38-17-18-38/h11-16,19-32H,2-10,17-18H2,1H3/q-1. The molecule has 0 amide bonds. The van der Waals surface area contributed by atoms with Gasteiger partial charge in [-0.1, -0.05) is 75.3 Å². The zero-order valence-electron chi connectivity index (χ0n) is 33.5. The average molecular weight is 805 g/mol. The topological polar surface area (TPSA) is 76.4 Å². The summed E-state index contributed by atoms with van der Waals surface area (Å²) in [5.74, 6) is -1.59. The molecule has 0 N–H and O–H groups in total. The molecular formula is C52H45F3NO4-. The Morgan fingerprint density at radius 2 is 1.05 bits per heavy atom. The van der Waals surface area contributed by atoms with E-state index in [1.165, 1.54) is 35.7 Å². The lowest BCUT2D eigenvalue weighted by molar-refractivity contribution is 0.0721. The fourth-order valence-corrected chi connectivity index (χ4v) is 7.40. The van der Waals surface area contributed by atoms with Gasteiger partial charge in [0.15, 0.2) is 0 Å². The third kappa shape index (κ3) is 10.7. The normalized spacial score (nSPS) is 11.9. The van der Waals surface area contributed by atoms with Crippen LogP contribution in [0, 0.1) is 41.6 Å². The van der Waals surface area contributed by atoms with Gasteiger partial charge in [-0.25, -0.2) is 22.8 Å². The molecule has 1 fully saturated rings. The molecule has 6 aromatic rings. The van der Waals surface area contributed by atoms with Gasteiger partial charge < -0.3 is 9.47 Å². The summed E-state index contributed by atoms with van der Waals surface area (Å²) >= 11 is 0. The van der Waals surface area contributed by atoms with E-state index < -0.39 is 29.4 Å². The van der Waals surface area contributed by atoms with Gasteiger partial charge in [-0.2, -0.15) is 28.9 Å². The molecule has 0 saturated heterocycles. The van der Waals surface area contributed by atoms with Gasteiger partial charge in [0, 0.05) is 23.3 Å². The Labute approximate surface area is 349 Å². The molecule has 8 heteroatoms. The number of nitrogens with zero attached hydrogens (tertiary/aromatic N) is 1. The molecule has 0 spiro atoms. The number of unbranched alkanes of at least 4 members (excludes halogenated alkanes) is 6. The van der Waals surface area contributed by atoms with Gasteiger partial charge in [0.2, 0.25) is 0 Å². The fourth-order valence-electron chi connectivity index (χ4n) is 7.40. The van der Waals surface area contributed by atoms with Crippen molar-refractivity contribution >= 4 is 11.9 Å². The Bertz CT molecular complexity index is 2520. The molecule has 0 heterocycles. The number of rotatable bonds is 17. The summed E-state index contributed by atoms with van der Waals surface area (Å²) in [6, 6.07) is 35.2. The summed E-state index contributed by atoms with van der Waals surface area (Å²) in [6.45, 7) is 1.87. The lowest BCUT2D eigenvalue weighted by Gasteiger charge is -2.12. The number of aryl methyl sites for hydroxylation is 3. The molecule has 304 valence electrons. The first-order valence-corrected chi connectivity index (χ1v) is 20.5. The molecule has 7 rings (SSSR count). The van der Waals surface area contributed by atoms with Gasteiger partial charge in [0.05, 0.1) is 22.8 Å². The monoisotopic (exact) mass is 804 g/mol. The largest absolute Gasteiger partial charge is 0.423 e. The van der Waals surface area contributed by atoms with Crippen molar-refractivity contribution in [1.29, 1.82) is 5.26 Å². The summed E-state index contributed by atoms with van der Waals surface area (Å²) in [5, 5.41) is 9.00. The average Bonchev–Trinajstić information content (AvgIpc) is 4.10. The SMILES string of the molecule is Cc1cc(CCCCCCCCCc2ccc(C(=O)Oc3ccc(-c4ccc([C-]5CC5)cc4)c(F)c3)c(F)c2)ccc1C(=O)Oc1ccc(-c2ccc(C#N)cc2)c(F)c1. The van der Waals surface area contributed by atoms with E-state index in [0.717, 1.165) is 92.5 Å². The maximum absolute atomic E-state index is 15.0. The van der Waals surface area contributed by atoms with Crippen molar-refractivity contribution in [2.75, 3.05) is 0 Å². The number of benzene rings is 6. The van der Waals surface area contributed by atoms with Gasteiger partial charge >= 0.3 is 11.9 Å². The summed E-state index contributed by atoms with van der Waals surface area (Å²) in [5.41, 5.74) is 6.76. The van der Waals surface area contributed by atoms with Gasteiger partial charge in [0.25, 0.3) is 0 Å². The zero-order chi connectivity index (χ0) is 42.0. The van der Waals surface area contributed by atoms with Crippen molar-refractivity contribution < 1.29 is 32.2 Å². The molecule has 0 atom stereocenters. The number of ether oxygens (including phenoxy) is 2. The molecule has 0 unspecified atom stereocenters. The van der Waals surface area contributed by atoms with Crippen molar-refractivity contribution in [3.05, 3.63) is 184 Å². The van der Waals surface area contributed by atoms with Crippen molar-refractivity contribution in [3.8, 4) is 39.8 Å². The Morgan fingerprint density at radius 3 is 1.53 bits per heavy atom. The maximum Gasteiger partial charge on any atom is 0.346 e. The highest BCUT2D eigenvalue weighted by Gasteiger charge is 2.18. The summed E-state index contributed by atoms with van der Waals surface area (Å²) in [7, 11) is 0. The first-order valence-electron chi connectivity index (χ1n) is 20.5. The summed E-state index contributed by atoms with van der Waals surface area (Å²) < 4.78 is 55.6. The zero-order valence-corrected chi connectivity index (χ0v) is 33.5. The Kier molecular flexibility index (Phi) is 13.5. The van der Waals surface area contributed by atoms with Crippen LogP contribution < -0.4 is 9.47 Å². The maximum atomic E-state index is 15.0. The first-order chi connectivity index (χ1) is 29.1. The highest BCUT2D eigenvalue weighted by Crippen LogP contribution is 2.39. The number of hydrogen-bond acceptors (Lipinski definition) is 5. The molecule has 0 aromatic heterocycles. The lowest BCUT2D eigenvalue weighted by Crippen LogP contribution is -2.11. The molecule has 1 aliphatic carbocycles. The van der Waals surface area contributed by atoms with Crippen LogP contribution in [0.4, 0.5) is 13.2 Å². The molecule has 6 aromatic carbocycles. The number of hydrogen-bond donors (Lipinski definition) is 0. The highest BCUT2D eigenvalue weighted by atomic mass is 19.1. The smallest absolute Gasteiger partial charge is 0.346 e. The van der Waals surface area contributed by atoms with Crippen LogP contribution in [0.2, 0.25) is 0 Å². The predicted molar refractivity (Wildman–Crippen MR) is 227 cm³/mol. The molecule has 0 bridgehead atoms. The minimum Gasteiger partial charge on any atom is -0.423 e. The summed E-state index contributed by atoms with van der Waals surface area (Å²) in [6.07, 6.45) is 11.1. The first kappa shape index (κ1) is 41.6. The molecular weight excluding hydrogens is 760 g/mol.